The highest BCUT2D eigenvalue weighted by atomic mass is 32.1. The van der Waals surface area contributed by atoms with Crippen LogP contribution in [0.25, 0.3) is 21.1 Å². The number of halogens is 1. The summed E-state index contributed by atoms with van der Waals surface area (Å²) in [6, 6.07) is 12.3. The number of H-pyrrole nitrogens is 1. The summed E-state index contributed by atoms with van der Waals surface area (Å²) in [6.07, 6.45) is 2.64. The maximum atomic E-state index is 13.6. The van der Waals surface area contributed by atoms with Crippen molar-refractivity contribution >= 4 is 49.4 Å². The van der Waals surface area contributed by atoms with Crippen LogP contribution < -0.4 is 5.32 Å². The number of anilines is 1. The lowest BCUT2D eigenvalue weighted by molar-refractivity contribution is -0.128. The van der Waals surface area contributed by atoms with Gasteiger partial charge >= 0.3 is 0 Å². The summed E-state index contributed by atoms with van der Waals surface area (Å²) in [4.78, 5) is 34.3. The predicted molar refractivity (Wildman–Crippen MR) is 115 cm³/mol. The zero-order chi connectivity index (χ0) is 20.7. The summed E-state index contributed by atoms with van der Waals surface area (Å²) in [7, 11) is 0. The van der Waals surface area contributed by atoms with Crippen molar-refractivity contribution in [1.29, 1.82) is 0 Å². The van der Waals surface area contributed by atoms with Crippen LogP contribution in [0.2, 0.25) is 0 Å². The van der Waals surface area contributed by atoms with Crippen molar-refractivity contribution in [2.45, 2.75) is 12.8 Å². The van der Waals surface area contributed by atoms with Crippen molar-refractivity contribution in [1.82, 2.24) is 14.9 Å². The van der Waals surface area contributed by atoms with Crippen molar-refractivity contribution in [2.24, 2.45) is 5.92 Å². The number of para-hydroxylation sites is 1. The Balaban J connectivity index is 1.22. The van der Waals surface area contributed by atoms with Gasteiger partial charge in [-0.25, -0.2) is 9.37 Å². The molecule has 1 aliphatic heterocycles. The van der Waals surface area contributed by atoms with Gasteiger partial charge in [0.2, 0.25) is 11.8 Å². The molecule has 8 heteroatoms. The molecule has 1 atom stereocenters. The van der Waals surface area contributed by atoms with Gasteiger partial charge in [0.05, 0.1) is 16.1 Å². The molecule has 0 unspecified atom stereocenters. The minimum atomic E-state index is -0.398. The average molecular weight is 422 g/mol. The van der Waals surface area contributed by atoms with Gasteiger partial charge in [0.15, 0.2) is 5.13 Å². The SMILES string of the molecule is O=C(Nc1nc2ccccc2s1)[C@H]1CC(=O)N(CCc2c[nH]c3ccc(F)cc23)C1. The molecule has 6 nitrogen and oxygen atoms in total. The third kappa shape index (κ3) is 3.54. The smallest absolute Gasteiger partial charge is 0.231 e. The quantitative estimate of drug-likeness (QED) is 0.511. The number of likely N-dealkylation sites (tertiary alicyclic amines) is 1. The third-order valence-corrected chi connectivity index (χ3v) is 6.44. The highest BCUT2D eigenvalue weighted by molar-refractivity contribution is 7.22. The van der Waals surface area contributed by atoms with Gasteiger partial charge in [-0.2, -0.15) is 0 Å². The molecule has 0 bridgehead atoms. The fourth-order valence-corrected chi connectivity index (χ4v) is 4.78. The fraction of sp³-hybridized carbons (Fsp3) is 0.227. The van der Waals surface area contributed by atoms with E-state index in [0.717, 1.165) is 26.7 Å². The first-order valence-electron chi connectivity index (χ1n) is 9.76. The van der Waals surface area contributed by atoms with Crippen molar-refractivity contribution in [3.8, 4) is 0 Å². The van der Waals surface area contributed by atoms with Crippen LogP contribution >= 0.6 is 11.3 Å². The minimum Gasteiger partial charge on any atom is -0.361 e. The van der Waals surface area contributed by atoms with Gasteiger partial charge in [-0.3, -0.25) is 9.59 Å². The molecule has 2 amide bonds. The number of carbonyl (C=O) groups is 2. The van der Waals surface area contributed by atoms with E-state index in [4.69, 9.17) is 0 Å². The first-order valence-corrected chi connectivity index (χ1v) is 10.6. The van der Waals surface area contributed by atoms with E-state index in [1.165, 1.54) is 23.5 Å². The molecule has 3 heterocycles. The largest absolute Gasteiger partial charge is 0.361 e. The van der Waals surface area contributed by atoms with Crippen LogP contribution in [0, 0.1) is 11.7 Å². The van der Waals surface area contributed by atoms with E-state index in [-0.39, 0.29) is 24.1 Å². The molecule has 2 aromatic heterocycles. The number of thiazole rings is 1. The van der Waals surface area contributed by atoms with Crippen LogP contribution in [0.3, 0.4) is 0 Å². The Morgan fingerprint density at radius 1 is 1.30 bits per heavy atom. The first kappa shape index (κ1) is 18.7. The zero-order valence-corrected chi connectivity index (χ0v) is 16.8. The second-order valence-corrected chi connectivity index (χ2v) is 8.50. The van der Waals surface area contributed by atoms with E-state index in [9.17, 15) is 14.0 Å². The Morgan fingerprint density at radius 3 is 3.03 bits per heavy atom. The van der Waals surface area contributed by atoms with Gasteiger partial charge in [0.1, 0.15) is 5.82 Å². The number of carbonyl (C=O) groups excluding carboxylic acids is 2. The first-order chi connectivity index (χ1) is 14.6. The van der Waals surface area contributed by atoms with E-state index >= 15 is 0 Å². The number of hydrogen-bond acceptors (Lipinski definition) is 4. The topological polar surface area (TPSA) is 78.1 Å². The molecular weight excluding hydrogens is 403 g/mol. The Hall–Kier alpha value is -3.26. The van der Waals surface area contributed by atoms with Gasteiger partial charge in [0.25, 0.3) is 0 Å². The van der Waals surface area contributed by atoms with E-state index in [0.29, 0.717) is 24.6 Å². The molecule has 2 aromatic carbocycles. The Labute approximate surface area is 175 Å². The summed E-state index contributed by atoms with van der Waals surface area (Å²) in [5.74, 6) is -0.901. The van der Waals surface area contributed by atoms with E-state index in [1.54, 1.807) is 11.0 Å². The number of fused-ring (bicyclic) bond motifs is 2. The third-order valence-electron chi connectivity index (χ3n) is 5.49. The zero-order valence-electron chi connectivity index (χ0n) is 16.0. The van der Waals surface area contributed by atoms with Crippen LogP contribution in [-0.2, 0) is 16.0 Å². The number of rotatable bonds is 5. The number of aromatic nitrogens is 2. The Kier molecular flexibility index (Phi) is 4.71. The monoisotopic (exact) mass is 422 g/mol. The van der Waals surface area contributed by atoms with Crippen molar-refractivity contribution < 1.29 is 14.0 Å². The van der Waals surface area contributed by atoms with Crippen LogP contribution in [0.4, 0.5) is 9.52 Å². The summed E-state index contributed by atoms with van der Waals surface area (Å²) >= 11 is 1.42. The van der Waals surface area contributed by atoms with Gasteiger partial charge in [-0.15, -0.1) is 0 Å². The molecule has 0 saturated carbocycles. The molecule has 2 N–H and O–H groups in total. The highest BCUT2D eigenvalue weighted by Crippen LogP contribution is 2.27. The van der Waals surface area contributed by atoms with Crippen molar-refractivity contribution in [3.63, 3.8) is 0 Å². The lowest BCUT2D eigenvalue weighted by Gasteiger charge is -2.16. The van der Waals surface area contributed by atoms with E-state index in [1.807, 2.05) is 30.5 Å². The lowest BCUT2D eigenvalue weighted by atomic mass is 10.1. The maximum Gasteiger partial charge on any atom is 0.231 e. The minimum absolute atomic E-state index is 0.0366. The van der Waals surface area contributed by atoms with Crippen LogP contribution in [0.1, 0.15) is 12.0 Å². The molecule has 0 aliphatic carbocycles. The number of benzene rings is 2. The summed E-state index contributed by atoms with van der Waals surface area (Å²) in [5.41, 5.74) is 2.67. The normalized spacial score (nSPS) is 16.6. The van der Waals surface area contributed by atoms with Crippen LogP contribution in [0.15, 0.2) is 48.7 Å². The average Bonchev–Trinajstić information content (AvgIpc) is 3.42. The number of nitrogens with zero attached hydrogens (tertiary/aromatic N) is 2. The van der Waals surface area contributed by atoms with Crippen molar-refractivity contribution in [2.75, 3.05) is 18.4 Å². The van der Waals surface area contributed by atoms with Gasteiger partial charge in [-0.1, -0.05) is 23.5 Å². The van der Waals surface area contributed by atoms with Crippen LogP contribution in [0.5, 0.6) is 0 Å². The molecule has 4 aromatic rings. The molecule has 1 aliphatic rings. The fourth-order valence-electron chi connectivity index (χ4n) is 3.91. The molecule has 1 fully saturated rings. The molecule has 152 valence electrons. The standard InChI is InChI=1S/C22H19FN4O2S/c23-15-5-6-17-16(10-15)13(11-24-17)7-8-27-12-14(9-20(27)28)21(29)26-22-25-18-3-1-2-4-19(18)30-22/h1-6,10-11,14,24H,7-9,12H2,(H,25,26,29)/t14-/m0/s1. The molecule has 30 heavy (non-hydrogen) atoms. The summed E-state index contributed by atoms with van der Waals surface area (Å²) < 4.78 is 14.6. The number of hydrogen-bond donors (Lipinski definition) is 2. The second kappa shape index (κ2) is 7.53. The Morgan fingerprint density at radius 2 is 2.17 bits per heavy atom. The summed E-state index contributed by atoms with van der Waals surface area (Å²) in [5, 5.41) is 4.23. The molecule has 0 spiro atoms. The number of aromatic amines is 1. The predicted octanol–water partition coefficient (Wildman–Crippen LogP) is 3.95. The Bertz CT molecular complexity index is 1230. The van der Waals surface area contributed by atoms with E-state index in [2.05, 4.69) is 15.3 Å². The van der Waals surface area contributed by atoms with Gasteiger partial charge in [0, 0.05) is 36.6 Å². The lowest BCUT2D eigenvalue weighted by Crippen LogP contribution is -2.29. The number of nitrogens with one attached hydrogen (secondary N) is 2. The van der Waals surface area contributed by atoms with E-state index < -0.39 is 5.92 Å². The molecule has 0 radical (unpaired) electrons. The molecular formula is C22H19FN4O2S. The second-order valence-electron chi connectivity index (χ2n) is 7.47. The maximum absolute atomic E-state index is 13.6. The van der Waals surface area contributed by atoms with Gasteiger partial charge in [-0.05, 0) is 42.3 Å². The number of amides is 2. The van der Waals surface area contributed by atoms with Gasteiger partial charge < -0.3 is 15.2 Å². The molecule has 5 rings (SSSR count). The molecule has 1 saturated heterocycles. The van der Waals surface area contributed by atoms with Crippen molar-refractivity contribution in [3.05, 3.63) is 60.0 Å². The highest BCUT2D eigenvalue weighted by Gasteiger charge is 2.34. The summed E-state index contributed by atoms with van der Waals surface area (Å²) in [6.45, 7) is 0.874. The van der Waals surface area contributed by atoms with Crippen LogP contribution in [-0.4, -0.2) is 39.8 Å².